The molecule has 1 aromatic heterocycles. The van der Waals surface area contributed by atoms with Gasteiger partial charge in [0.15, 0.2) is 6.39 Å². The second kappa shape index (κ2) is 6.33. The summed E-state index contributed by atoms with van der Waals surface area (Å²) in [6, 6.07) is 0. The average Bonchev–Trinajstić information content (AvgIpc) is 2.46. The van der Waals surface area contributed by atoms with E-state index in [0.29, 0.717) is 0 Å². The minimum atomic E-state index is 0.979. The third-order valence-electron chi connectivity index (χ3n) is 0.980. The molecule has 0 aliphatic rings. The van der Waals surface area contributed by atoms with Crippen LogP contribution in [0.25, 0.3) is 0 Å². The maximum Gasteiger partial charge on any atom is 0.180 e. The zero-order chi connectivity index (χ0) is 7.82. The fourth-order valence-electron chi connectivity index (χ4n) is 0.612. The Morgan fingerprint density at radius 3 is 2.60 bits per heavy atom. The van der Waals surface area contributed by atoms with Gasteiger partial charge in [0.25, 0.3) is 0 Å². The van der Waals surface area contributed by atoms with Gasteiger partial charge in [-0.05, 0) is 6.42 Å². The van der Waals surface area contributed by atoms with Crippen LogP contribution in [0, 0.1) is 0 Å². The highest BCUT2D eigenvalue weighted by Gasteiger charge is 1.90. The van der Waals surface area contributed by atoms with Crippen molar-refractivity contribution < 1.29 is 4.42 Å². The quantitative estimate of drug-likeness (QED) is 0.632. The van der Waals surface area contributed by atoms with E-state index in [4.69, 9.17) is 4.42 Å². The number of aromatic nitrogens is 1. The number of aryl methyl sites for hydroxylation is 1. The van der Waals surface area contributed by atoms with Gasteiger partial charge in [-0.1, -0.05) is 20.8 Å². The van der Waals surface area contributed by atoms with Crippen LogP contribution in [0.2, 0.25) is 0 Å². The third-order valence-corrected chi connectivity index (χ3v) is 0.980. The number of rotatable bonds is 2. The SMILES string of the molecule is CC.CCCc1cnco1. The lowest BCUT2D eigenvalue weighted by Crippen LogP contribution is -1.74. The van der Waals surface area contributed by atoms with E-state index in [2.05, 4.69) is 11.9 Å². The molecule has 1 rings (SSSR count). The molecular weight excluding hydrogens is 126 g/mol. The van der Waals surface area contributed by atoms with E-state index < -0.39 is 0 Å². The van der Waals surface area contributed by atoms with Crippen LogP contribution in [0.3, 0.4) is 0 Å². The van der Waals surface area contributed by atoms with Crippen molar-refractivity contribution in [1.29, 1.82) is 0 Å². The highest BCUT2D eigenvalue weighted by molar-refractivity contribution is 4.87. The van der Waals surface area contributed by atoms with Gasteiger partial charge in [0.2, 0.25) is 0 Å². The van der Waals surface area contributed by atoms with Crippen molar-refractivity contribution in [2.75, 3.05) is 0 Å². The summed E-state index contributed by atoms with van der Waals surface area (Å²) >= 11 is 0. The molecule has 0 saturated heterocycles. The third kappa shape index (κ3) is 3.28. The molecule has 0 aliphatic heterocycles. The van der Waals surface area contributed by atoms with Gasteiger partial charge in [-0.2, -0.15) is 0 Å². The molecule has 0 N–H and O–H groups in total. The van der Waals surface area contributed by atoms with Gasteiger partial charge in [0.1, 0.15) is 5.76 Å². The second-order valence-electron chi connectivity index (χ2n) is 1.72. The monoisotopic (exact) mass is 141 g/mol. The van der Waals surface area contributed by atoms with Crippen molar-refractivity contribution in [1.82, 2.24) is 4.98 Å². The highest BCUT2D eigenvalue weighted by atomic mass is 16.3. The first-order valence-corrected chi connectivity index (χ1v) is 3.81. The maximum absolute atomic E-state index is 4.96. The standard InChI is InChI=1S/C6H9NO.C2H6/c1-2-3-6-4-7-5-8-6;1-2/h4-5H,2-3H2,1H3;1-2H3. The predicted molar refractivity (Wildman–Crippen MR) is 41.8 cm³/mol. The lowest BCUT2D eigenvalue weighted by Gasteiger charge is -1.84. The van der Waals surface area contributed by atoms with Crippen LogP contribution in [0.15, 0.2) is 17.0 Å². The van der Waals surface area contributed by atoms with Crippen molar-refractivity contribution in [3.05, 3.63) is 18.4 Å². The normalized spacial score (nSPS) is 8.30. The Kier molecular flexibility index (Phi) is 5.83. The lowest BCUT2D eigenvalue weighted by molar-refractivity contribution is 0.501. The Hall–Kier alpha value is -0.790. The Labute approximate surface area is 62.3 Å². The van der Waals surface area contributed by atoms with E-state index in [1.165, 1.54) is 6.39 Å². The average molecular weight is 141 g/mol. The van der Waals surface area contributed by atoms with Gasteiger partial charge in [-0.15, -0.1) is 0 Å². The van der Waals surface area contributed by atoms with Crippen molar-refractivity contribution in [3.63, 3.8) is 0 Å². The summed E-state index contributed by atoms with van der Waals surface area (Å²) in [5.74, 6) is 0.979. The molecule has 10 heavy (non-hydrogen) atoms. The lowest BCUT2D eigenvalue weighted by atomic mass is 10.3. The number of hydrogen-bond acceptors (Lipinski definition) is 2. The summed E-state index contributed by atoms with van der Waals surface area (Å²) in [5.41, 5.74) is 0. The zero-order valence-electron chi connectivity index (χ0n) is 6.92. The van der Waals surface area contributed by atoms with Crippen molar-refractivity contribution in [3.8, 4) is 0 Å². The first-order valence-electron chi connectivity index (χ1n) is 3.81. The van der Waals surface area contributed by atoms with Crippen molar-refractivity contribution in [2.24, 2.45) is 0 Å². The Morgan fingerprint density at radius 2 is 2.20 bits per heavy atom. The van der Waals surface area contributed by atoms with E-state index in [1.54, 1.807) is 6.20 Å². The summed E-state index contributed by atoms with van der Waals surface area (Å²) in [4.78, 5) is 3.77. The molecule has 0 fully saturated rings. The van der Waals surface area contributed by atoms with Gasteiger partial charge < -0.3 is 4.42 Å². The summed E-state index contributed by atoms with van der Waals surface area (Å²) in [6.45, 7) is 6.11. The molecule has 2 heteroatoms. The summed E-state index contributed by atoms with van der Waals surface area (Å²) in [6.07, 6.45) is 5.34. The maximum atomic E-state index is 4.96. The van der Waals surface area contributed by atoms with Gasteiger partial charge in [-0.3, -0.25) is 0 Å². The molecule has 0 aromatic carbocycles. The molecule has 0 unspecified atom stereocenters. The fraction of sp³-hybridized carbons (Fsp3) is 0.625. The van der Waals surface area contributed by atoms with E-state index in [-0.39, 0.29) is 0 Å². The molecule has 0 atom stereocenters. The largest absolute Gasteiger partial charge is 0.449 e. The minimum absolute atomic E-state index is 0.979. The van der Waals surface area contributed by atoms with E-state index in [9.17, 15) is 0 Å². The van der Waals surface area contributed by atoms with Gasteiger partial charge in [0, 0.05) is 6.42 Å². The predicted octanol–water partition coefficient (Wildman–Crippen LogP) is 2.65. The highest BCUT2D eigenvalue weighted by Crippen LogP contribution is 1.98. The Morgan fingerprint density at radius 1 is 1.50 bits per heavy atom. The van der Waals surface area contributed by atoms with Crippen LogP contribution < -0.4 is 0 Å². The van der Waals surface area contributed by atoms with Gasteiger partial charge in [-0.25, -0.2) is 4.98 Å². The van der Waals surface area contributed by atoms with E-state index in [0.717, 1.165) is 18.6 Å². The topological polar surface area (TPSA) is 26.0 Å². The first-order chi connectivity index (χ1) is 4.93. The van der Waals surface area contributed by atoms with Crippen LogP contribution in [-0.4, -0.2) is 4.98 Å². The molecule has 0 saturated carbocycles. The second-order valence-corrected chi connectivity index (χ2v) is 1.72. The molecular formula is C8H15NO. The van der Waals surface area contributed by atoms with Gasteiger partial charge in [0.05, 0.1) is 6.20 Å². The summed E-state index contributed by atoms with van der Waals surface area (Å²) in [5, 5.41) is 0. The number of oxazole rings is 1. The first kappa shape index (κ1) is 9.21. The number of hydrogen-bond donors (Lipinski definition) is 0. The van der Waals surface area contributed by atoms with Crippen molar-refractivity contribution in [2.45, 2.75) is 33.6 Å². The molecule has 0 bridgehead atoms. The van der Waals surface area contributed by atoms with E-state index >= 15 is 0 Å². The molecule has 58 valence electrons. The van der Waals surface area contributed by atoms with Crippen molar-refractivity contribution >= 4 is 0 Å². The Bertz CT molecular complexity index is 135. The van der Waals surface area contributed by atoms with Crippen LogP contribution >= 0.6 is 0 Å². The minimum Gasteiger partial charge on any atom is -0.449 e. The molecule has 1 heterocycles. The van der Waals surface area contributed by atoms with Crippen LogP contribution in [0.4, 0.5) is 0 Å². The van der Waals surface area contributed by atoms with Crippen LogP contribution in [-0.2, 0) is 6.42 Å². The molecule has 2 nitrogen and oxygen atoms in total. The molecule has 0 amide bonds. The molecule has 1 aromatic rings. The van der Waals surface area contributed by atoms with Gasteiger partial charge >= 0.3 is 0 Å². The molecule has 0 spiro atoms. The summed E-state index contributed by atoms with van der Waals surface area (Å²) < 4.78 is 4.96. The zero-order valence-corrected chi connectivity index (χ0v) is 6.92. The fourth-order valence-corrected chi connectivity index (χ4v) is 0.612. The summed E-state index contributed by atoms with van der Waals surface area (Å²) in [7, 11) is 0. The molecule has 0 aliphatic carbocycles. The van der Waals surface area contributed by atoms with E-state index in [1.807, 2.05) is 13.8 Å². The molecule has 0 radical (unpaired) electrons. The number of nitrogens with zero attached hydrogens (tertiary/aromatic N) is 1. The van der Waals surface area contributed by atoms with Crippen LogP contribution in [0.1, 0.15) is 33.0 Å². The Balaban J connectivity index is 0.000000371. The smallest absolute Gasteiger partial charge is 0.180 e. The van der Waals surface area contributed by atoms with Crippen LogP contribution in [0.5, 0.6) is 0 Å².